The SMILES string of the molecule is CCc1ccc(C(Cl)c2ccc(OC(F)(F)F)cc2)cc1. The van der Waals surface area contributed by atoms with Gasteiger partial charge >= 0.3 is 6.36 Å². The number of aryl methyl sites for hydroxylation is 1. The molecule has 1 atom stereocenters. The number of hydrogen-bond acceptors (Lipinski definition) is 1. The van der Waals surface area contributed by atoms with E-state index >= 15 is 0 Å². The molecule has 0 aromatic heterocycles. The molecule has 0 amide bonds. The molecule has 0 bridgehead atoms. The van der Waals surface area contributed by atoms with Crippen LogP contribution in [0.1, 0.15) is 29.0 Å². The van der Waals surface area contributed by atoms with Crippen LogP contribution in [-0.2, 0) is 6.42 Å². The van der Waals surface area contributed by atoms with Crippen LogP contribution in [0.3, 0.4) is 0 Å². The number of rotatable bonds is 4. The fraction of sp³-hybridized carbons (Fsp3) is 0.250. The summed E-state index contributed by atoms with van der Waals surface area (Å²) < 4.78 is 40.1. The highest BCUT2D eigenvalue weighted by molar-refractivity contribution is 6.22. The first-order valence-electron chi connectivity index (χ1n) is 6.47. The third kappa shape index (κ3) is 4.39. The Morgan fingerprint density at radius 1 is 0.952 bits per heavy atom. The number of alkyl halides is 4. The summed E-state index contributed by atoms with van der Waals surface area (Å²) in [5, 5.41) is -0.407. The van der Waals surface area contributed by atoms with E-state index in [4.69, 9.17) is 11.6 Å². The highest BCUT2D eigenvalue weighted by Crippen LogP contribution is 2.31. The molecule has 5 heteroatoms. The van der Waals surface area contributed by atoms with Gasteiger partial charge in [0.05, 0.1) is 5.38 Å². The van der Waals surface area contributed by atoms with Crippen LogP contribution in [0.25, 0.3) is 0 Å². The fourth-order valence-electron chi connectivity index (χ4n) is 1.95. The molecule has 1 nitrogen and oxygen atoms in total. The normalized spacial score (nSPS) is 13.0. The lowest BCUT2D eigenvalue weighted by molar-refractivity contribution is -0.274. The molecular formula is C16H14ClF3O. The van der Waals surface area contributed by atoms with E-state index in [9.17, 15) is 13.2 Å². The molecule has 0 heterocycles. The largest absolute Gasteiger partial charge is 0.573 e. The zero-order valence-corrected chi connectivity index (χ0v) is 12.1. The quantitative estimate of drug-likeness (QED) is 0.679. The van der Waals surface area contributed by atoms with Gasteiger partial charge in [-0.1, -0.05) is 43.3 Å². The van der Waals surface area contributed by atoms with Gasteiger partial charge in [-0.3, -0.25) is 0 Å². The Morgan fingerprint density at radius 2 is 1.43 bits per heavy atom. The number of ether oxygens (including phenoxy) is 1. The first-order chi connectivity index (χ1) is 9.89. The van der Waals surface area contributed by atoms with E-state index in [0.717, 1.165) is 17.5 Å². The summed E-state index contributed by atoms with van der Waals surface area (Å²) in [5.41, 5.74) is 2.82. The molecular weight excluding hydrogens is 301 g/mol. The smallest absolute Gasteiger partial charge is 0.406 e. The van der Waals surface area contributed by atoms with E-state index in [0.29, 0.717) is 0 Å². The van der Waals surface area contributed by atoms with Crippen LogP contribution in [0.2, 0.25) is 0 Å². The maximum Gasteiger partial charge on any atom is 0.573 e. The lowest BCUT2D eigenvalue weighted by atomic mass is 10.0. The topological polar surface area (TPSA) is 9.23 Å². The molecule has 2 aromatic rings. The van der Waals surface area contributed by atoms with Crippen LogP contribution in [0, 0.1) is 0 Å². The Hall–Kier alpha value is -1.68. The molecule has 0 saturated heterocycles. The number of benzene rings is 2. The Labute approximate surface area is 126 Å². The minimum atomic E-state index is -4.68. The Balaban J connectivity index is 2.13. The van der Waals surface area contributed by atoms with Crippen molar-refractivity contribution in [3.63, 3.8) is 0 Å². The van der Waals surface area contributed by atoms with Crippen LogP contribution < -0.4 is 4.74 Å². The third-order valence-electron chi connectivity index (χ3n) is 3.09. The van der Waals surface area contributed by atoms with Crippen molar-refractivity contribution in [1.29, 1.82) is 0 Å². The minimum absolute atomic E-state index is 0.253. The van der Waals surface area contributed by atoms with Gasteiger partial charge in [0.15, 0.2) is 0 Å². The fourth-order valence-corrected chi connectivity index (χ4v) is 2.24. The standard InChI is InChI=1S/C16H14ClF3O/c1-2-11-3-5-12(6-4-11)15(17)13-7-9-14(10-8-13)21-16(18,19)20/h3-10,15H,2H2,1H3. The van der Waals surface area contributed by atoms with Crippen molar-refractivity contribution in [3.05, 3.63) is 65.2 Å². The number of hydrogen-bond donors (Lipinski definition) is 0. The summed E-state index contributed by atoms with van der Waals surface area (Å²) in [5.74, 6) is -0.253. The zero-order chi connectivity index (χ0) is 15.5. The van der Waals surface area contributed by atoms with E-state index in [1.807, 2.05) is 24.3 Å². The van der Waals surface area contributed by atoms with E-state index in [1.165, 1.54) is 29.8 Å². The van der Waals surface area contributed by atoms with Crippen molar-refractivity contribution in [2.24, 2.45) is 0 Å². The van der Waals surface area contributed by atoms with Gasteiger partial charge in [0.2, 0.25) is 0 Å². The maximum absolute atomic E-state index is 12.1. The highest BCUT2D eigenvalue weighted by atomic mass is 35.5. The summed E-state index contributed by atoms with van der Waals surface area (Å²) in [7, 11) is 0. The van der Waals surface area contributed by atoms with Gasteiger partial charge in [0.25, 0.3) is 0 Å². The van der Waals surface area contributed by atoms with Crippen molar-refractivity contribution in [2.45, 2.75) is 25.1 Å². The Morgan fingerprint density at radius 3 is 1.86 bits per heavy atom. The predicted octanol–water partition coefficient (Wildman–Crippen LogP) is 5.48. The predicted molar refractivity (Wildman–Crippen MR) is 76.6 cm³/mol. The summed E-state index contributed by atoms with van der Waals surface area (Å²) >= 11 is 6.35. The summed E-state index contributed by atoms with van der Waals surface area (Å²) in [6.07, 6.45) is -3.74. The van der Waals surface area contributed by atoms with Gasteiger partial charge in [-0.05, 0) is 35.2 Å². The molecule has 0 saturated carbocycles. The van der Waals surface area contributed by atoms with Crippen LogP contribution in [0.15, 0.2) is 48.5 Å². The average molecular weight is 315 g/mol. The molecule has 2 aromatic carbocycles. The molecule has 0 aliphatic rings. The first kappa shape index (κ1) is 15.7. The average Bonchev–Trinajstić information content (AvgIpc) is 2.46. The van der Waals surface area contributed by atoms with E-state index in [2.05, 4.69) is 11.7 Å². The Kier molecular flexibility index (Phi) is 4.78. The molecule has 0 radical (unpaired) electrons. The van der Waals surface area contributed by atoms with Crippen molar-refractivity contribution in [2.75, 3.05) is 0 Å². The zero-order valence-electron chi connectivity index (χ0n) is 11.3. The highest BCUT2D eigenvalue weighted by Gasteiger charge is 2.31. The maximum atomic E-state index is 12.1. The second-order valence-electron chi connectivity index (χ2n) is 4.57. The lowest BCUT2D eigenvalue weighted by Crippen LogP contribution is -2.17. The second-order valence-corrected chi connectivity index (χ2v) is 5.01. The van der Waals surface area contributed by atoms with Crippen molar-refractivity contribution in [1.82, 2.24) is 0 Å². The monoisotopic (exact) mass is 314 g/mol. The summed E-state index contributed by atoms with van der Waals surface area (Å²) in [6.45, 7) is 2.06. The molecule has 1 unspecified atom stereocenters. The van der Waals surface area contributed by atoms with Gasteiger partial charge < -0.3 is 4.74 Å². The molecule has 112 valence electrons. The summed E-state index contributed by atoms with van der Waals surface area (Å²) in [4.78, 5) is 0. The van der Waals surface area contributed by atoms with Crippen molar-refractivity contribution in [3.8, 4) is 5.75 Å². The van der Waals surface area contributed by atoms with E-state index in [1.54, 1.807) is 0 Å². The summed E-state index contributed by atoms with van der Waals surface area (Å²) in [6, 6.07) is 13.4. The van der Waals surface area contributed by atoms with Gasteiger partial charge in [0, 0.05) is 0 Å². The van der Waals surface area contributed by atoms with Gasteiger partial charge in [-0.25, -0.2) is 0 Å². The van der Waals surface area contributed by atoms with Gasteiger partial charge in [-0.15, -0.1) is 24.8 Å². The Bertz CT molecular complexity index is 576. The molecule has 0 N–H and O–H groups in total. The number of halogens is 4. The van der Waals surface area contributed by atoms with Gasteiger partial charge in [-0.2, -0.15) is 0 Å². The third-order valence-corrected chi connectivity index (χ3v) is 3.59. The van der Waals surface area contributed by atoms with E-state index < -0.39 is 11.7 Å². The lowest BCUT2D eigenvalue weighted by Gasteiger charge is -2.13. The van der Waals surface area contributed by atoms with Crippen molar-refractivity contribution >= 4 is 11.6 Å². The van der Waals surface area contributed by atoms with Gasteiger partial charge in [0.1, 0.15) is 5.75 Å². The first-order valence-corrected chi connectivity index (χ1v) is 6.91. The molecule has 0 aliphatic carbocycles. The minimum Gasteiger partial charge on any atom is -0.406 e. The molecule has 2 rings (SSSR count). The van der Waals surface area contributed by atoms with Crippen LogP contribution in [0.5, 0.6) is 5.75 Å². The van der Waals surface area contributed by atoms with E-state index in [-0.39, 0.29) is 5.75 Å². The van der Waals surface area contributed by atoms with Crippen molar-refractivity contribution < 1.29 is 17.9 Å². The molecule has 0 aliphatic heterocycles. The van der Waals surface area contributed by atoms with Crippen LogP contribution >= 0.6 is 11.6 Å². The van der Waals surface area contributed by atoms with Crippen LogP contribution in [0.4, 0.5) is 13.2 Å². The molecule has 21 heavy (non-hydrogen) atoms. The second kappa shape index (κ2) is 6.39. The molecule has 0 fully saturated rings. The van der Waals surface area contributed by atoms with Crippen LogP contribution in [-0.4, -0.2) is 6.36 Å². The molecule has 0 spiro atoms.